The maximum Gasteiger partial charge on any atom is 0.303 e. The van der Waals surface area contributed by atoms with Gasteiger partial charge in [-0.25, -0.2) is 4.98 Å². The first-order valence-corrected chi connectivity index (χ1v) is 5.06. The SMILES string of the molecule is CCCCC(=O)O.O=CNCc1cnc[nH]1. The Morgan fingerprint density at radius 1 is 1.69 bits per heavy atom. The summed E-state index contributed by atoms with van der Waals surface area (Å²) in [5, 5.41) is 10.5. The van der Waals surface area contributed by atoms with Crippen LogP contribution in [0.2, 0.25) is 0 Å². The van der Waals surface area contributed by atoms with Crippen LogP contribution in [0.15, 0.2) is 12.5 Å². The van der Waals surface area contributed by atoms with Crippen LogP contribution in [0.5, 0.6) is 0 Å². The first-order valence-electron chi connectivity index (χ1n) is 5.06. The van der Waals surface area contributed by atoms with E-state index in [1.54, 1.807) is 12.5 Å². The van der Waals surface area contributed by atoms with Crippen LogP contribution in [-0.2, 0) is 16.1 Å². The number of imidazole rings is 1. The lowest BCUT2D eigenvalue weighted by Gasteiger charge is -1.90. The molecule has 0 radical (unpaired) electrons. The molecule has 0 fully saturated rings. The number of aromatic amines is 1. The summed E-state index contributed by atoms with van der Waals surface area (Å²) in [5.74, 6) is -0.693. The van der Waals surface area contributed by atoms with Gasteiger partial charge in [-0.05, 0) is 6.42 Å². The number of H-pyrrole nitrogens is 1. The number of carboxylic acids is 1. The van der Waals surface area contributed by atoms with Crippen molar-refractivity contribution >= 4 is 12.4 Å². The van der Waals surface area contributed by atoms with E-state index in [0.29, 0.717) is 19.4 Å². The maximum atomic E-state index is 9.76. The smallest absolute Gasteiger partial charge is 0.303 e. The highest BCUT2D eigenvalue weighted by atomic mass is 16.4. The molecule has 3 N–H and O–H groups in total. The second-order valence-electron chi connectivity index (χ2n) is 3.07. The van der Waals surface area contributed by atoms with Crippen LogP contribution in [0.3, 0.4) is 0 Å². The summed E-state index contributed by atoms with van der Waals surface area (Å²) in [6.07, 6.45) is 5.97. The van der Waals surface area contributed by atoms with Gasteiger partial charge in [0, 0.05) is 12.6 Å². The Balaban J connectivity index is 0.000000293. The molecule has 1 aromatic heterocycles. The standard InChI is InChI=1S/C5H7N3O.C5H10O2/c9-4-7-2-5-1-6-3-8-5;1-2-3-4-5(6)7/h1,3-4H,2H2,(H,6,8)(H,7,9);2-4H2,1H3,(H,6,7). The molecule has 0 saturated heterocycles. The third-order valence-electron chi connectivity index (χ3n) is 1.67. The lowest BCUT2D eigenvalue weighted by Crippen LogP contribution is -2.09. The minimum Gasteiger partial charge on any atom is -0.481 e. The summed E-state index contributed by atoms with van der Waals surface area (Å²) in [4.78, 5) is 26.1. The number of carbonyl (C=O) groups is 2. The van der Waals surface area contributed by atoms with Gasteiger partial charge in [-0.1, -0.05) is 13.3 Å². The van der Waals surface area contributed by atoms with Gasteiger partial charge in [0.2, 0.25) is 6.41 Å². The molecule has 6 heteroatoms. The number of rotatable bonds is 6. The second-order valence-corrected chi connectivity index (χ2v) is 3.07. The molecule has 0 aliphatic heterocycles. The summed E-state index contributed by atoms with van der Waals surface area (Å²) in [6.45, 7) is 2.49. The molecule has 0 saturated carbocycles. The zero-order valence-corrected chi connectivity index (χ0v) is 9.27. The van der Waals surface area contributed by atoms with E-state index in [2.05, 4.69) is 15.3 Å². The molecule has 0 aromatic carbocycles. The van der Waals surface area contributed by atoms with Gasteiger partial charge < -0.3 is 15.4 Å². The highest BCUT2D eigenvalue weighted by molar-refractivity contribution is 5.66. The highest BCUT2D eigenvalue weighted by Gasteiger charge is 1.90. The van der Waals surface area contributed by atoms with Crippen molar-refractivity contribution in [1.29, 1.82) is 0 Å². The number of unbranched alkanes of at least 4 members (excludes halogenated alkanes) is 1. The van der Waals surface area contributed by atoms with Crippen molar-refractivity contribution in [3.63, 3.8) is 0 Å². The fourth-order valence-corrected chi connectivity index (χ4v) is 0.861. The van der Waals surface area contributed by atoms with Crippen molar-refractivity contribution in [3.05, 3.63) is 18.2 Å². The van der Waals surface area contributed by atoms with E-state index in [9.17, 15) is 9.59 Å². The molecule has 90 valence electrons. The predicted octanol–water partition coefficient (Wildman–Crippen LogP) is 0.917. The van der Waals surface area contributed by atoms with Gasteiger partial charge >= 0.3 is 5.97 Å². The van der Waals surface area contributed by atoms with Crippen molar-refractivity contribution < 1.29 is 14.7 Å². The summed E-state index contributed by atoms with van der Waals surface area (Å²) in [6, 6.07) is 0. The third kappa shape index (κ3) is 8.74. The molecule has 0 spiro atoms. The van der Waals surface area contributed by atoms with Gasteiger partial charge in [-0.15, -0.1) is 0 Å². The molecule has 0 bridgehead atoms. The van der Waals surface area contributed by atoms with Crippen molar-refractivity contribution in [2.75, 3.05) is 0 Å². The normalized spacial score (nSPS) is 8.81. The van der Waals surface area contributed by atoms with Crippen LogP contribution >= 0.6 is 0 Å². The number of carboxylic acid groups (broad SMARTS) is 1. The van der Waals surface area contributed by atoms with Crippen LogP contribution in [-0.4, -0.2) is 27.5 Å². The zero-order chi connectivity index (χ0) is 12.2. The van der Waals surface area contributed by atoms with Crippen LogP contribution in [0.1, 0.15) is 31.9 Å². The second kappa shape index (κ2) is 9.70. The average molecular weight is 227 g/mol. The average Bonchev–Trinajstić information content (AvgIpc) is 2.77. The number of hydrogen-bond acceptors (Lipinski definition) is 3. The van der Waals surface area contributed by atoms with E-state index in [4.69, 9.17) is 5.11 Å². The lowest BCUT2D eigenvalue weighted by atomic mass is 10.3. The van der Waals surface area contributed by atoms with Gasteiger partial charge in [0.05, 0.1) is 18.6 Å². The molecule has 1 heterocycles. The molecule has 1 amide bonds. The fourth-order valence-electron chi connectivity index (χ4n) is 0.861. The summed E-state index contributed by atoms with van der Waals surface area (Å²) >= 11 is 0. The monoisotopic (exact) mass is 227 g/mol. The number of carbonyl (C=O) groups excluding carboxylic acids is 1. The van der Waals surface area contributed by atoms with Gasteiger partial charge in [-0.2, -0.15) is 0 Å². The first-order chi connectivity index (χ1) is 7.70. The number of aliphatic carboxylic acids is 1. The maximum absolute atomic E-state index is 9.76. The number of hydrogen-bond donors (Lipinski definition) is 3. The van der Waals surface area contributed by atoms with Crippen molar-refractivity contribution in [2.24, 2.45) is 0 Å². The van der Waals surface area contributed by atoms with E-state index < -0.39 is 5.97 Å². The van der Waals surface area contributed by atoms with E-state index in [1.807, 2.05) is 6.92 Å². The van der Waals surface area contributed by atoms with Crippen LogP contribution in [0, 0.1) is 0 Å². The number of nitrogens with one attached hydrogen (secondary N) is 2. The Morgan fingerprint density at radius 2 is 2.44 bits per heavy atom. The van der Waals surface area contributed by atoms with Gasteiger partial charge in [-0.3, -0.25) is 9.59 Å². The van der Waals surface area contributed by atoms with Crippen molar-refractivity contribution in [1.82, 2.24) is 15.3 Å². The largest absolute Gasteiger partial charge is 0.481 e. The first kappa shape index (κ1) is 14.2. The quantitative estimate of drug-likeness (QED) is 0.630. The zero-order valence-electron chi connectivity index (χ0n) is 9.27. The Morgan fingerprint density at radius 3 is 2.81 bits per heavy atom. The number of nitrogens with zero attached hydrogens (tertiary/aromatic N) is 1. The molecule has 0 aliphatic carbocycles. The van der Waals surface area contributed by atoms with E-state index in [-0.39, 0.29) is 0 Å². The topological polar surface area (TPSA) is 95.1 Å². The summed E-state index contributed by atoms with van der Waals surface area (Å²) < 4.78 is 0. The molecule has 1 rings (SSSR count). The van der Waals surface area contributed by atoms with E-state index in [0.717, 1.165) is 18.5 Å². The highest BCUT2D eigenvalue weighted by Crippen LogP contribution is 1.91. The summed E-state index contributed by atoms with van der Waals surface area (Å²) in [7, 11) is 0. The summed E-state index contributed by atoms with van der Waals surface area (Å²) in [5.41, 5.74) is 0.905. The molecule has 0 unspecified atom stereocenters. The van der Waals surface area contributed by atoms with Crippen molar-refractivity contribution in [3.8, 4) is 0 Å². The molecule has 0 atom stereocenters. The lowest BCUT2D eigenvalue weighted by molar-refractivity contribution is -0.137. The van der Waals surface area contributed by atoms with E-state index in [1.165, 1.54) is 0 Å². The van der Waals surface area contributed by atoms with Gasteiger partial charge in [0.15, 0.2) is 0 Å². The van der Waals surface area contributed by atoms with Crippen molar-refractivity contribution in [2.45, 2.75) is 32.7 Å². The molecule has 6 nitrogen and oxygen atoms in total. The van der Waals surface area contributed by atoms with Crippen LogP contribution < -0.4 is 5.32 Å². The minimum absolute atomic E-state index is 0.316. The van der Waals surface area contributed by atoms with Crippen LogP contribution in [0.25, 0.3) is 0 Å². The van der Waals surface area contributed by atoms with Gasteiger partial charge in [0.1, 0.15) is 0 Å². The number of amides is 1. The Labute approximate surface area is 94.1 Å². The third-order valence-corrected chi connectivity index (χ3v) is 1.67. The Hall–Kier alpha value is -1.85. The minimum atomic E-state index is -0.693. The molecule has 16 heavy (non-hydrogen) atoms. The van der Waals surface area contributed by atoms with E-state index >= 15 is 0 Å². The predicted molar refractivity (Wildman–Crippen MR) is 58.7 cm³/mol. The Bertz CT molecular complexity index is 286. The molecular formula is C10H17N3O3. The fraction of sp³-hybridized carbons (Fsp3) is 0.500. The van der Waals surface area contributed by atoms with Gasteiger partial charge in [0.25, 0.3) is 0 Å². The number of aromatic nitrogens is 2. The van der Waals surface area contributed by atoms with Crippen LogP contribution in [0.4, 0.5) is 0 Å². The molecule has 1 aromatic rings. The molecular weight excluding hydrogens is 210 g/mol. The molecule has 0 aliphatic rings. The Kier molecular flexibility index (Phi) is 8.57.